The Bertz CT molecular complexity index is 2660. The molecule has 0 bridgehead atoms. The second kappa shape index (κ2) is 34.4. The number of benzene rings is 2. The molecule has 2 aromatic carbocycles. The molecule has 3 aliphatic rings. The fraction of sp³-hybridized carbons (Fsp3) is 0.612. The van der Waals surface area contributed by atoms with Crippen molar-refractivity contribution < 1.29 is 75.9 Å². The molecule has 16 nitrogen and oxygen atoms in total. The molecular weight excluding hydrogens is 1170 g/mol. The highest BCUT2D eigenvalue weighted by Gasteiger charge is 2.60. The van der Waals surface area contributed by atoms with Crippen LogP contribution >= 0.6 is 33.4 Å². The molecule has 3 fully saturated rings. The zero-order valence-electron chi connectivity index (χ0n) is 53.9. The number of hydrogen-bond donors (Lipinski definition) is 1. The Balaban J connectivity index is 1.50. The van der Waals surface area contributed by atoms with Crippen molar-refractivity contribution in [2.45, 2.75) is 225 Å². The number of unbranched alkanes of at least 4 members (excludes halogenated alkanes) is 1. The largest absolute Gasteiger partial charge is 0.497 e. The molecule has 0 saturated carbocycles. The van der Waals surface area contributed by atoms with Crippen LogP contribution in [0.1, 0.15) is 151 Å². The second-order valence-electron chi connectivity index (χ2n) is 25.1. The highest BCUT2D eigenvalue weighted by Crippen LogP contribution is 2.52. The molecule has 1 unspecified atom stereocenters. The molecule has 87 heavy (non-hydrogen) atoms. The molecule has 2 aromatic rings. The van der Waals surface area contributed by atoms with Gasteiger partial charge >= 0.3 is 23.8 Å². The van der Waals surface area contributed by atoms with Crippen molar-refractivity contribution in [1.82, 2.24) is 0 Å². The summed E-state index contributed by atoms with van der Waals surface area (Å²) in [6.45, 7) is 26.4. The molecule has 3 aliphatic heterocycles. The monoisotopic (exact) mass is 1260 g/mol. The van der Waals surface area contributed by atoms with Gasteiger partial charge in [-0.3, -0.25) is 9.59 Å². The molecule has 0 amide bonds. The Morgan fingerprint density at radius 2 is 1.57 bits per heavy atom. The van der Waals surface area contributed by atoms with Gasteiger partial charge in [0.15, 0.2) is 11.2 Å². The fourth-order valence-corrected chi connectivity index (χ4v) is 12.8. The highest BCUT2D eigenvalue weighted by atomic mass is 32.2. The average molecular weight is 1270 g/mol. The van der Waals surface area contributed by atoms with Crippen molar-refractivity contribution in [2.75, 3.05) is 28.1 Å². The van der Waals surface area contributed by atoms with E-state index in [0.29, 0.717) is 50.0 Å². The topological polar surface area (TPSA) is 179 Å². The molecule has 0 aromatic heterocycles. The number of methoxy groups -OCH3 is 3. The van der Waals surface area contributed by atoms with Crippen molar-refractivity contribution >= 4 is 62.3 Å². The summed E-state index contributed by atoms with van der Waals surface area (Å²) < 4.78 is 76.3. The second-order valence-corrected chi connectivity index (χ2v) is 28.7. The maximum Gasteiger partial charge on any atom is 0.380 e. The third-order valence-corrected chi connectivity index (χ3v) is 17.6. The first-order valence-corrected chi connectivity index (χ1v) is 32.2. The van der Waals surface area contributed by atoms with E-state index in [1.54, 1.807) is 19.3 Å². The summed E-state index contributed by atoms with van der Waals surface area (Å²) in [5, 5.41) is -0.000907. The first-order valence-electron chi connectivity index (χ1n) is 30.2. The van der Waals surface area contributed by atoms with Crippen LogP contribution < -0.4 is 4.74 Å². The number of carbonyl (C=O) groups is 4. The van der Waals surface area contributed by atoms with Crippen LogP contribution in [0.15, 0.2) is 115 Å². The lowest BCUT2D eigenvalue weighted by Crippen LogP contribution is -2.63. The normalized spacial score (nSPS) is 26.0. The highest BCUT2D eigenvalue weighted by molar-refractivity contribution is 8.23. The molecule has 0 spiro atoms. The number of thiol groups is 1. The molecule has 12 atom stereocenters. The third kappa shape index (κ3) is 22.7. The lowest BCUT2D eigenvalue weighted by atomic mass is 9.65. The van der Waals surface area contributed by atoms with Gasteiger partial charge in [-0.25, -0.2) is 9.59 Å². The minimum absolute atomic E-state index is 0.000907. The Hall–Kier alpha value is -4.11. The van der Waals surface area contributed by atoms with Gasteiger partial charge in [-0.05, 0) is 74.8 Å². The van der Waals surface area contributed by atoms with Crippen LogP contribution in [-0.4, -0.2) is 128 Å². The van der Waals surface area contributed by atoms with E-state index in [4.69, 9.17) is 56.8 Å². The van der Waals surface area contributed by atoms with Gasteiger partial charge in [0.2, 0.25) is 5.79 Å². The van der Waals surface area contributed by atoms with Crippen molar-refractivity contribution in [3.05, 3.63) is 126 Å². The SMILES string of the molecule is C=C1C[C@@H](C[C@@]2(C)O[C@H](C[C@H](CC(=O)SC(C)(C)C)OB(P)S)C[C@H](OC(C)=O)C2(C)C)O[C@@H](/C=C/C(C)(C)[C@]2(OC)O[C@H](C[C@@H](OCc3ccc(OC)cc3)[C@@H](C)OCOCc3ccccc3)C/C(=C\C(=O)OC)[C@@H]2OC(=O)/C=C/C=C/CCC)C1. The number of ether oxygens (including phenoxy) is 11. The van der Waals surface area contributed by atoms with Gasteiger partial charge in [-0.2, -0.15) is 12.5 Å². The van der Waals surface area contributed by atoms with E-state index in [-0.39, 0.29) is 42.5 Å². The van der Waals surface area contributed by atoms with E-state index < -0.39 is 101 Å². The van der Waals surface area contributed by atoms with Crippen LogP contribution in [0.3, 0.4) is 0 Å². The molecule has 20 heteroatoms. The van der Waals surface area contributed by atoms with Gasteiger partial charge < -0.3 is 56.8 Å². The van der Waals surface area contributed by atoms with Gasteiger partial charge in [0.25, 0.3) is 0 Å². The summed E-state index contributed by atoms with van der Waals surface area (Å²) in [6, 6.07) is 17.4. The molecule has 0 aliphatic carbocycles. The smallest absolute Gasteiger partial charge is 0.380 e. The maximum atomic E-state index is 14.0. The van der Waals surface area contributed by atoms with Gasteiger partial charge in [0.1, 0.15) is 18.6 Å². The summed E-state index contributed by atoms with van der Waals surface area (Å²) >= 11 is 5.77. The number of rotatable bonds is 31. The van der Waals surface area contributed by atoms with Gasteiger partial charge in [0, 0.05) is 67.4 Å². The van der Waals surface area contributed by atoms with Crippen LogP contribution in [-0.2, 0) is 84.4 Å². The molecule has 0 N–H and O–H groups in total. The van der Waals surface area contributed by atoms with E-state index in [0.717, 1.165) is 29.5 Å². The Morgan fingerprint density at radius 1 is 0.874 bits per heavy atom. The molecular formula is C67H98BO16PS2. The molecule has 482 valence electrons. The molecule has 0 radical (unpaired) electrons. The first kappa shape index (κ1) is 73.6. The predicted octanol–water partition coefficient (Wildman–Crippen LogP) is 13.2. The molecule has 3 heterocycles. The maximum absolute atomic E-state index is 14.0. The minimum Gasteiger partial charge on any atom is -0.497 e. The van der Waals surface area contributed by atoms with Crippen LogP contribution in [0, 0.1) is 10.8 Å². The van der Waals surface area contributed by atoms with Crippen LogP contribution in [0.2, 0.25) is 0 Å². The quantitative estimate of drug-likeness (QED) is 0.00719. The van der Waals surface area contributed by atoms with E-state index in [2.05, 4.69) is 48.9 Å². The predicted molar refractivity (Wildman–Crippen MR) is 348 cm³/mol. The van der Waals surface area contributed by atoms with Gasteiger partial charge in [-0.15, -0.1) is 9.12 Å². The van der Waals surface area contributed by atoms with Crippen molar-refractivity contribution in [3.63, 3.8) is 0 Å². The van der Waals surface area contributed by atoms with E-state index in [1.165, 1.54) is 45.1 Å². The number of esters is 3. The summed E-state index contributed by atoms with van der Waals surface area (Å²) in [5.74, 6) is -3.34. The standard InChI is InChI=1S/C67H98BO16PS2/c1-16-17-18-19-23-26-59(70)81-62-50(36-60(71)74-14)35-53(38-57(77-43-49-27-29-51(73-13)30-28-49)46(3)78-44-76-42-48-24-21-20-22-25-48)83-67(62,75-15)64(8,9)32-31-52-33-45(2)34-56(80-52)41-66(12)65(10,11)58(79-47(4)69)39-54(82-66)37-55(84-68(85)86)40-61(72)87-63(5,6)7/h18-32,36,46,52-58,62,86H,2,16-17,33-35,37-44,85H2,1,3-15H3/b19-18+,26-23+,32-31+,50-36+/t46-,52+,53+,54-,55-,56+,57-,58+,62+,66-,67-/m1/s1. The fourth-order valence-electron chi connectivity index (χ4n) is 11.4. The van der Waals surface area contributed by atoms with Crippen LogP contribution in [0.4, 0.5) is 0 Å². The number of carbonyl (C=O) groups excluding carboxylic acids is 4. The summed E-state index contributed by atoms with van der Waals surface area (Å²) in [4.78, 5) is 53.6. The Kier molecular flexibility index (Phi) is 29.1. The summed E-state index contributed by atoms with van der Waals surface area (Å²) in [6.07, 6.45) is 10.9. The van der Waals surface area contributed by atoms with Crippen LogP contribution in [0.5, 0.6) is 5.75 Å². The zero-order chi connectivity index (χ0) is 64.2. The Labute approximate surface area is 530 Å². The van der Waals surface area contributed by atoms with Gasteiger partial charge in [-0.1, -0.05) is 159 Å². The number of hydrogen-bond acceptors (Lipinski definition) is 18. The van der Waals surface area contributed by atoms with Gasteiger partial charge in [0.05, 0.1) is 75.8 Å². The number of allylic oxidation sites excluding steroid dienone is 3. The molecule has 5 rings (SSSR count). The van der Waals surface area contributed by atoms with Crippen LogP contribution in [0.25, 0.3) is 0 Å². The van der Waals surface area contributed by atoms with Crippen molar-refractivity contribution in [1.29, 1.82) is 0 Å². The lowest BCUT2D eigenvalue weighted by Gasteiger charge is -2.55. The zero-order valence-corrected chi connectivity index (χ0v) is 56.7. The lowest BCUT2D eigenvalue weighted by molar-refractivity contribution is -0.338. The minimum atomic E-state index is -1.79. The molecule has 3 saturated heterocycles. The Morgan fingerprint density at radius 3 is 2.21 bits per heavy atom. The first-order chi connectivity index (χ1) is 41.0. The van der Waals surface area contributed by atoms with E-state index in [9.17, 15) is 19.2 Å². The van der Waals surface area contributed by atoms with E-state index in [1.807, 2.05) is 121 Å². The van der Waals surface area contributed by atoms with E-state index >= 15 is 0 Å². The average Bonchev–Trinajstić information content (AvgIpc) is 0.782. The van der Waals surface area contributed by atoms with Crippen molar-refractivity contribution in [2.24, 2.45) is 10.8 Å². The summed E-state index contributed by atoms with van der Waals surface area (Å²) in [5.41, 5.74) is 0.492. The summed E-state index contributed by atoms with van der Waals surface area (Å²) in [7, 11) is 6.93. The third-order valence-electron chi connectivity index (χ3n) is 16.3. The number of thioether (sulfide) groups is 1. The van der Waals surface area contributed by atoms with Crippen molar-refractivity contribution in [3.8, 4) is 5.75 Å².